The summed E-state index contributed by atoms with van der Waals surface area (Å²) >= 11 is 12.1. The van der Waals surface area contributed by atoms with Crippen LogP contribution in [0.3, 0.4) is 0 Å². The SMILES string of the molecule is CCCN(CC(=O)Nc1cc(Cl)ccc1Cl)C(=O)c1cnn(-c2ccccc2F)c1C. The Balaban J connectivity index is 1.80. The summed E-state index contributed by atoms with van der Waals surface area (Å²) in [5.41, 5.74) is 1.39. The van der Waals surface area contributed by atoms with E-state index in [-0.39, 0.29) is 18.1 Å². The molecule has 162 valence electrons. The molecule has 2 aromatic carbocycles. The van der Waals surface area contributed by atoms with Crippen molar-refractivity contribution in [2.75, 3.05) is 18.4 Å². The second-order valence-electron chi connectivity index (χ2n) is 6.91. The van der Waals surface area contributed by atoms with Crippen molar-refractivity contribution < 1.29 is 14.0 Å². The maximum atomic E-state index is 14.2. The number of halogens is 3. The summed E-state index contributed by atoms with van der Waals surface area (Å²) in [7, 11) is 0. The number of hydrogen-bond acceptors (Lipinski definition) is 3. The fraction of sp³-hybridized carbons (Fsp3) is 0.227. The van der Waals surface area contributed by atoms with Crippen molar-refractivity contribution in [3.63, 3.8) is 0 Å². The zero-order chi connectivity index (χ0) is 22.5. The topological polar surface area (TPSA) is 67.2 Å². The predicted molar refractivity (Wildman–Crippen MR) is 120 cm³/mol. The van der Waals surface area contributed by atoms with Crippen LogP contribution in [0, 0.1) is 12.7 Å². The number of carbonyl (C=O) groups excluding carboxylic acids is 2. The van der Waals surface area contributed by atoms with Crippen LogP contribution in [0.4, 0.5) is 10.1 Å². The molecule has 0 fully saturated rings. The number of carbonyl (C=O) groups is 2. The van der Waals surface area contributed by atoms with Crippen LogP contribution < -0.4 is 5.32 Å². The van der Waals surface area contributed by atoms with Gasteiger partial charge in [-0.2, -0.15) is 5.10 Å². The van der Waals surface area contributed by atoms with E-state index in [9.17, 15) is 14.0 Å². The van der Waals surface area contributed by atoms with Gasteiger partial charge in [0.05, 0.1) is 28.2 Å². The minimum Gasteiger partial charge on any atom is -0.329 e. The molecule has 0 radical (unpaired) electrons. The van der Waals surface area contributed by atoms with Crippen LogP contribution in [0.2, 0.25) is 10.0 Å². The van der Waals surface area contributed by atoms with Crippen LogP contribution in [0.15, 0.2) is 48.7 Å². The molecule has 0 saturated carbocycles. The molecule has 6 nitrogen and oxygen atoms in total. The predicted octanol–water partition coefficient (Wildman–Crippen LogP) is 5.12. The fourth-order valence-electron chi connectivity index (χ4n) is 3.13. The molecule has 0 spiro atoms. The zero-order valence-electron chi connectivity index (χ0n) is 17.0. The Bertz CT molecular complexity index is 1120. The number of benzene rings is 2. The summed E-state index contributed by atoms with van der Waals surface area (Å²) in [5, 5.41) is 7.62. The Kier molecular flexibility index (Phi) is 7.30. The van der Waals surface area contributed by atoms with E-state index < -0.39 is 11.7 Å². The van der Waals surface area contributed by atoms with Gasteiger partial charge < -0.3 is 10.2 Å². The van der Waals surface area contributed by atoms with E-state index in [1.54, 1.807) is 37.3 Å². The van der Waals surface area contributed by atoms with Crippen molar-refractivity contribution >= 4 is 40.7 Å². The van der Waals surface area contributed by atoms with Gasteiger partial charge in [-0.25, -0.2) is 9.07 Å². The fourth-order valence-corrected chi connectivity index (χ4v) is 3.47. The summed E-state index contributed by atoms with van der Waals surface area (Å²) in [6, 6.07) is 10.9. The Labute approximate surface area is 189 Å². The molecule has 1 aromatic heterocycles. The van der Waals surface area contributed by atoms with Gasteiger partial charge in [-0.1, -0.05) is 42.3 Å². The molecule has 31 heavy (non-hydrogen) atoms. The molecule has 0 aliphatic heterocycles. The molecule has 0 aliphatic carbocycles. The number of aromatic nitrogens is 2. The molecular formula is C22H21Cl2FN4O2. The monoisotopic (exact) mass is 462 g/mol. The standard InChI is InChI=1S/C22H21Cl2FN4O2/c1-3-10-28(13-21(30)27-19-11-15(23)8-9-17(19)24)22(31)16-12-26-29(14(16)2)20-7-5-4-6-18(20)25/h4-9,11-12H,3,10,13H2,1-2H3,(H,27,30). The van der Waals surface area contributed by atoms with Crippen LogP contribution in [0.5, 0.6) is 0 Å². The third kappa shape index (κ3) is 5.24. The first kappa shape index (κ1) is 22.8. The number of para-hydroxylation sites is 1. The van der Waals surface area contributed by atoms with Crippen molar-refractivity contribution in [3.8, 4) is 5.69 Å². The largest absolute Gasteiger partial charge is 0.329 e. The lowest BCUT2D eigenvalue weighted by Crippen LogP contribution is -2.38. The first-order valence-corrected chi connectivity index (χ1v) is 10.4. The Morgan fingerprint density at radius 3 is 2.65 bits per heavy atom. The number of amides is 2. The molecule has 0 atom stereocenters. The van der Waals surface area contributed by atoms with Gasteiger partial charge in [-0.3, -0.25) is 9.59 Å². The molecular weight excluding hydrogens is 442 g/mol. The van der Waals surface area contributed by atoms with E-state index >= 15 is 0 Å². The summed E-state index contributed by atoms with van der Waals surface area (Å²) in [6.07, 6.45) is 2.04. The van der Waals surface area contributed by atoms with Gasteiger partial charge >= 0.3 is 0 Å². The molecule has 1 heterocycles. The van der Waals surface area contributed by atoms with Gasteiger partial charge in [0.25, 0.3) is 5.91 Å². The maximum absolute atomic E-state index is 14.2. The zero-order valence-corrected chi connectivity index (χ0v) is 18.5. The Morgan fingerprint density at radius 2 is 1.94 bits per heavy atom. The van der Waals surface area contributed by atoms with Crippen LogP contribution in [-0.4, -0.2) is 39.6 Å². The van der Waals surface area contributed by atoms with Gasteiger partial charge in [0.1, 0.15) is 18.0 Å². The average molecular weight is 463 g/mol. The molecule has 2 amide bonds. The maximum Gasteiger partial charge on any atom is 0.257 e. The lowest BCUT2D eigenvalue weighted by atomic mass is 10.2. The number of nitrogens with one attached hydrogen (secondary N) is 1. The van der Waals surface area contributed by atoms with E-state index in [4.69, 9.17) is 23.2 Å². The molecule has 0 aliphatic rings. The van der Waals surface area contributed by atoms with Gasteiger partial charge in [-0.15, -0.1) is 0 Å². The number of nitrogens with zero attached hydrogens (tertiary/aromatic N) is 3. The first-order chi connectivity index (χ1) is 14.8. The molecule has 0 unspecified atom stereocenters. The van der Waals surface area contributed by atoms with E-state index in [0.717, 1.165) is 0 Å². The van der Waals surface area contributed by atoms with Crippen LogP contribution in [-0.2, 0) is 4.79 Å². The quantitative estimate of drug-likeness (QED) is 0.529. The minimum atomic E-state index is -0.448. The van der Waals surface area contributed by atoms with Crippen molar-refractivity contribution in [2.24, 2.45) is 0 Å². The molecule has 0 saturated heterocycles. The van der Waals surface area contributed by atoms with Crippen LogP contribution in [0.25, 0.3) is 5.69 Å². The van der Waals surface area contributed by atoms with Crippen LogP contribution in [0.1, 0.15) is 29.4 Å². The van der Waals surface area contributed by atoms with Gasteiger partial charge in [0.2, 0.25) is 5.91 Å². The lowest BCUT2D eigenvalue weighted by molar-refractivity contribution is -0.116. The Morgan fingerprint density at radius 1 is 1.19 bits per heavy atom. The van der Waals surface area contributed by atoms with Gasteiger partial charge in [-0.05, 0) is 43.7 Å². The molecule has 1 N–H and O–H groups in total. The van der Waals surface area contributed by atoms with Crippen LogP contribution >= 0.6 is 23.2 Å². The lowest BCUT2D eigenvalue weighted by Gasteiger charge is -2.21. The second kappa shape index (κ2) is 9.94. The van der Waals surface area contributed by atoms with Gasteiger partial charge in [0, 0.05) is 11.6 Å². The molecule has 3 aromatic rings. The summed E-state index contributed by atoms with van der Waals surface area (Å²) < 4.78 is 15.5. The molecule has 0 bridgehead atoms. The van der Waals surface area contributed by atoms with Gasteiger partial charge in [0.15, 0.2) is 0 Å². The van der Waals surface area contributed by atoms with Crippen molar-refractivity contribution in [1.82, 2.24) is 14.7 Å². The van der Waals surface area contributed by atoms with E-state index in [0.29, 0.717) is 40.0 Å². The minimum absolute atomic E-state index is 0.181. The number of anilines is 1. The first-order valence-electron chi connectivity index (χ1n) is 9.65. The highest BCUT2D eigenvalue weighted by molar-refractivity contribution is 6.35. The highest BCUT2D eigenvalue weighted by Gasteiger charge is 2.23. The van der Waals surface area contributed by atoms with E-state index in [1.807, 2.05) is 6.92 Å². The third-order valence-electron chi connectivity index (χ3n) is 4.64. The van der Waals surface area contributed by atoms with E-state index in [1.165, 1.54) is 27.9 Å². The smallest absolute Gasteiger partial charge is 0.257 e. The third-order valence-corrected chi connectivity index (χ3v) is 5.20. The van der Waals surface area contributed by atoms with Crippen molar-refractivity contribution in [3.05, 3.63) is 75.8 Å². The highest BCUT2D eigenvalue weighted by atomic mass is 35.5. The normalized spacial score (nSPS) is 10.7. The average Bonchev–Trinajstić information content (AvgIpc) is 3.11. The molecule has 3 rings (SSSR count). The van der Waals surface area contributed by atoms with E-state index in [2.05, 4.69) is 10.4 Å². The van der Waals surface area contributed by atoms with Crippen molar-refractivity contribution in [1.29, 1.82) is 0 Å². The number of hydrogen-bond donors (Lipinski definition) is 1. The number of rotatable bonds is 7. The summed E-state index contributed by atoms with van der Waals surface area (Å²) in [4.78, 5) is 27.1. The summed E-state index contributed by atoms with van der Waals surface area (Å²) in [6.45, 7) is 3.77. The highest BCUT2D eigenvalue weighted by Crippen LogP contribution is 2.25. The molecule has 9 heteroatoms. The second-order valence-corrected chi connectivity index (χ2v) is 7.75. The Hall–Kier alpha value is -2.90. The van der Waals surface area contributed by atoms with Crippen molar-refractivity contribution in [2.45, 2.75) is 20.3 Å². The summed E-state index contributed by atoms with van der Waals surface area (Å²) in [5.74, 6) is -1.23.